The summed E-state index contributed by atoms with van der Waals surface area (Å²) >= 11 is 0. The third kappa shape index (κ3) is 2.34. The van der Waals surface area contributed by atoms with Gasteiger partial charge in [-0.25, -0.2) is 0 Å². The molecular weight excluding hydrogens is 248 g/mol. The van der Waals surface area contributed by atoms with Crippen molar-refractivity contribution in [2.45, 2.75) is 26.2 Å². The van der Waals surface area contributed by atoms with Crippen LogP contribution < -0.4 is 4.74 Å². The van der Waals surface area contributed by atoms with Gasteiger partial charge in [0.15, 0.2) is 5.78 Å². The van der Waals surface area contributed by atoms with Gasteiger partial charge in [0.25, 0.3) is 0 Å². The van der Waals surface area contributed by atoms with E-state index in [1.807, 2.05) is 30.3 Å². The SMILES string of the molecule is CCCOc1ccccc1-c1ccc2c(c1)CCC2=O. The second kappa shape index (κ2) is 5.49. The Hall–Kier alpha value is -2.09. The fraction of sp³-hybridized carbons (Fsp3) is 0.278. The topological polar surface area (TPSA) is 26.3 Å². The highest BCUT2D eigenvalue weighted by atomic mass is 16.5. The van der Waals surface area contributed by atoms with Crippen molar-refractivity contribution in [1.82, 2.24) is 0 Å². The molecule has 1 aliphatic carbocycles. The smallest absolute Gasteiger partial charge is 0.163 e. The first-order valence-electron chi connectivity index (χ1n) is 7.18. The molecule has 0 amide bonds. The molecule has 0 N–H and O–H groups in total. The van der Waals surface area contributed by atoms with E-state index in [0.717, 1.165) is 47.5 Å². The molecule has 0 heterocycles. The fourth-order valence-corrected chi connectivity index (χ4v) is 2.67. The average molecular weight is 266 g/mol. The van der Waals surface area contributed by atoms with Crippen molar-refractivity contribution in [2.24, 2.45) is 0 Å². The van der Waals surface area contributed by atoms with Crippen LogP contribution in [-0.2, 0) is 6.42 Å². The van der Waals surface area contributed by atoms with Crippen LogP contribution in [0.5, 0.6) is 5.75 Å². The van der Waals surface area contributed by atoms with Gasteiger partial charge in [-0.05, 0) is 30.0 Å². The molecule has 3 rings (SSSR count). The lowest BCUT2D eigenvalue weighted by Gasteiger charge is -2.11. The minimum absolute atomic E-state index is 0.266. The van der Waals surface area contributed by atoms with Crippen LogP contribution in [-0.4, -0.2) is 12.4 Å². The van der Waals surface area contributed by atoms with E-state index in [4.69, 9.17) is 4.74 Å². The second-order valence-electron chi connectivity index (χ2n) is 5.14. The number of ketones is 1. The van der Waals surface area contributed by atoms with Crippen molar-refractivity contribution >= 4 is 5.78 Å². The highest BCUT2D eigenvalue weighted by Crippen LogP contribution is 2.33. The highest BCUT2D eigenvalue weighted by molar-refractivity contribution is 6.01. The Labute approximate surface area is 119 Å². The van der Waals surface area contributed by atoms with E-state index in [-0.39, 0.29) is 5.78 Å². The summed E-state index contributed by atoms with van der Waals surface area (Å²) in [6, 6.07) is 14.2. The van der Waals surface area contributed by atoms with E-state index in [9.17, 15) is 4.79 Å². The van der Waals surface area contributed by atoms with Gasteiger partial charge in [0.05, 0.1) is 6.61 Å². The Kier molecular flexibility index (Phi) is 3.55. The summed E-state index contributed by atoms with van der Waals surface area (Å²) in [4.78, 5) is 11.7. The van der Waals surface area contributed by atoms with E-state index in [1.54, 1.807) is 0 Å². The van der Waals surface area contributed by atoms with Crippen LogP contribution >= 0.6 is 0 Å². The molecule has 20 heavy (non-hydrogen) atoms. The molecule has 2 aromatic carbocycles. The number of carbonyl (C=O) groups is 1. The van der Waals surface area contributed by atoms with Gasteiger partial charge in [-0.2, -0.15) is 0 Å². The number of Topliss-reactive ketones (excluding diaryl/α,β-unsaturated/α-hetero) is 1. The number of carbonyl (C=O) groups excluding carboxylic acids is 1. The minimum atomic E-state index is 0.266. The van der Waals surface area contributed by atoms with Crippen LogP contribution in [0.15, 0.2) is 42.5 Å². The molecule has 2 aromatic rings. The lowest BCUT2D eigenvalue weighted by atomic mass is 10.00. The predicted molar refractivity (Wildman–Crippen MR) is 80.3 cm³/mol. The molecule has 0 saturated heterocycles. The molecule has 0 bridgehead atoms. The molecule has 0 fully saturated rings. The molecule has 102 valence electrons. The van der Waals surface area contributed by atoms with Crippen molar-refractivity contribution in [1.29, 1.82) is 0 Å². The molecule has 0 aliphatic heterocycles. The second-order valence-corrected chi connectivity index (χ2v) is 5.14. The van der Waals surface area contributed by atoms with Crippen LogP contribution in [0, 0.1) is 0 Å². The summed E-state index contributed by atoms with van der Waals surface area (Å²) in [6.07, 6.45) is 2.50. The van der Waals surface area contributed by atoms with E-state index < -0.39 is 0 Å². The molecule has 2 heteroatoms. The standard InChI is InChI=1S/C18H18O2/c1-2-11-20-18-6-4-3-5-16(18)14-7-9-15-13(12-14)8-10-17(15)19/h3-7,9,12H,2,8,10-11H2,1H3. The number of para-hydroxylation sites is 1. The zero-order valence-electron chi connectivity index (χ0n) is 11.7. The lowest BCUT2D eigenvalue weighted by molar-refractivity contribution is 0.0994. The zero-order chi connectivity index (χ0) is 13.9. The van der Waals surface area contributed by atoms with Gasteiger partial charge >= 0.3 is 0 Å². The quantitative estimate of drug-likeness (QED) is 0.826. The third-order valence-corrected chi connectivity index (χ3v) is 3.69. The molecule has 0 unspecified atom stereocenters. The van der Waals surface area contributed by atoms with Crippen LogP contribution in [0.2, 0.25) is 0 Å². The van der Waals surface area contributed by atoms with Gasteiger partial charge < -0.3 is 4.74 Å². The van der Waals surface area contributed by atoms with Gasteiger partial charge in [0.2, 0.25) is 0 Å². The Bertz CT molecular complexity index is 644. The maximum atomic E-state index is 11.7. The Morgan fingerprint density at radius 2 is 1.90 bits per heavy atom. The van der Waals surface area contributed by atoms with Gasteiger partial charge in [-0.15, -0.1) is 0 Å². The minimum Gasteiger partial charge on any atom is -0.493 e. The van der Waals surface area contributed by atoms with Crippen LogP contribution in [0.3, 0.4) is 0 Å². The summed E-state index contributed by atoms with van der Waals surface area (Å²) in [5.74, 6) is 1.18. The molecular formula is C18H18O2. The molecule has 0 atom stereocenters. The first-order chi connectivity index (χ1) is 9.79. The normalized spacial score (nSPS) is 13.3. The number of hydrogen-bond donors (Lipinski definition) is 0. The van der Waals surface area contributed by atoms with Crippen molar-refractivity contribution < 1.29 is 9.53 Å². The Morgan fingerprint density at radius 1 is 1.05 bits per heavy atom. The van der Waals surface area contributed by atoms with Gasteiger partial charge in [0.1, 0.15) is 5.75 Å². The van der Waals surface area contributed by atoms with Crippen molar-refractivity contribution in [2.75, 3.05) is 6.61 Å². The fourth-order valence-electron chi connectivity index (χ4n) is 2.67. The average Bonchev–Trinajstić information content (AvgIpc) is 2.86. The number of hydrogen-bond acceptors (Lipinski definition) is 2. The number of ether oxygens (including phenoxy) is 1. The Balaban J connectivity index is 1.99. The monoisotopic (exact) mass is 266 g/mol. The van der Waals surface area contributed by atoms with E-state index in [0.29, 0.717) is 6.42 Å². The Morgan fingerprint density at radius 3 is 2.75 bits per heavy atom. The molecule has 0 saturated carbocycles. The lowest BCUT2D eigenvalue weighted by Crippen LogP contribution is -1.97. The number of aryl methyl sites for hydroxylation is 1. The summed E-state index contributed by atoms with van der Waals surface area (Å²) in [5, 5.41) is 0. The predicted octanol–water partition coefficient (Wildman–Crippen LogP) is 4.27. The van der Waals surface area contributed by atoms with Gasteiger partial charge in [-0.3, -0.25) is 4.79 Å². The van der Waals surface area contributed by atoms with Crippen LogP contribution in [0.25, 0.3) is 11.1 Å². The van der Waals surface area contributed by atoms with Crippen molar-refractivity contribution in [3.63, 3.8) is 0 Å². The first kappa shape index (κ1) is 12.9. The maximum absolute atomic E-state index is 11.7. The molecule has 2 nitrogen and oxygen atoms in total. The van der Waals surface area contributed by atoms with Crippen LogP contribution in [0.1, 0.15) is 35.7 Å². The molecule has 0 radical (unpaired) electrons. The van der Waals surface area contributed by atoms with Gasteiger partial charge in [-0.1, -0.05) is 43.3 Å². The van der Waals surface area contributed by atoms with E-state index in [2.05, 4.69) is 19.1 Å². The van der Waals surface area contributed by atoms with Crippen molar-refractivity contribution in [3.8, 4) is 16.9 Å². The summed E-state index contributed by atoms with van der Waals surface area (Å²) < 4.78 is 5.81. The van der Waals surface area contributed by atoms with E-state index >= 15 is 0 Å². The molecule has 0 spiro atoms. The molecule has 0 aromatic heterocycles. The number of rotatable bonds is 4. The summed E-state index contributed by atoms with van der Waals surface area (Å²) in [5.41, 5.74) is 4.28. The number of fused-ring (bicyclic) bond motifs is 1. The summed E-state index contributed by atoms with van der Waals surface area (Å²) in [7, 11) is 0. The van der Waals surface area contributed by atoms with Crippen LogP contribution in [0.4, 0.5) is 0 Å². The largest absolute Gasteiger partial charge is 0.493 e. The van der Waals surface area contributed by atoms with E-state index in [1.165, 1.54) is 0 Å². The summed E-state index contributed by atoms with van der Waals surface area (Å²) in [6.45, 7) is 2.82. The molecule has 1 aliphatic rings. The zero-order valence-corrected chi connectivity index (χ0v) is 11.7. The van der Waals surface area contributed by atoms with Crippen molar-refractivity contribution in [3.05, 3.63) is 53.6 Å². The number of benzene rings is 2. The first-order valence-corrected chi connectivity index (χ1v) is 7.18. The maximum Gasteiger partial charge on any atom is 0.163 e. The highest BCUT2D eigenvalue weighted by Gasteiger charge is 2.20. The van der Waals surface area contributed by atoms with Gasteiger partial charge in [0, 0.05) is 17.5 Å². The third-order valence-electron chi connectivity index (χ3n) is 3.69.